The number of benzene rings is 1. The number of methoxy groups -OCH3 is 2. The number of halogens is 1. The van der Waals surface area contributed by atoms with Crippen LogP contribution >= 0.6 is 0 Å². The largest absolute Gasteiger partial charge is 0.493 e. The van der Waals surface area contributed by atoms with Crippen molar-refractivity contribution in [2.24, 2.45) is 5.73 Å². The molecule has 0 saturated carbocycles. The molecule has 0 spiro atoms. The summed E-state index contributed by atoms with van der Waals surface area (Å²) in [6.45, 7) is 0. The smallest absolute Gasteiger partial charge is 0.303 e. The minimum atomic E-state index is -0.966. The Morgan fingerprint density at radius 3 is 2.44 bits per heavy atom. The van der Waals surface area contributed by atoms with Gasteiger partial charge < -0.3 is 20.3 Å². The number of carboxylic acid groups (broad SMARTS) is 1. The van der Waals surface area contributed by atoms with E-state index < -0.39 is 17.8 Å². The summed E-state index contributed by atoms with van der Waals surface area (Å²) in [6.07, 6.45) is 0.0384. The van der Waals surface area contributed by atoms with Crippen LogP contribution in [-0.4, -0.2) is 25.3 Å². The fourth-order valence-electron chi connectivity index (χ4n) is 1.59. The van der Waals surface area contributed by atoms with Crippen molar-refractivity contribution in [2.75, 3.05) is 14.2 Å². The summed E-state index contributed by atoms with van der Waals surface area (Å²) in [5.41, 5.74) is 5.98. The third-order valence-corrected chi connectivity index (χ3v) is 2.57. The fraction of sp³-hybridized carbons (Fsp3) is 0.417. The number of carbonyl (C=O) groups is 1. The Balaban J connectivity index is 2.97. The van der Waals surface area contributed by atoms with Gasteiger partial charge in [-0.2, -0.15) is 0 Å². The van der Waals surface area contributed by atoms with Gasteiger partial charge in [0.05, 0.1) is 14.2 Å². The molecule has 1 rings (SSSR count). The van der Waals surface area contributed by atoms with Crippen LogP contribution in [0.2, 0.25) is 0 Å². The van der Waals surface area contributed by atoms with Gasteiger partial charge in [-0.15, -0.1) is 0 Å². The monoisotopic (exact) mass is 257 g/mol. The molecule has 6 heteroatoms. The second kappa shape index (κ2) is 6.20. The number of nitrogens with two attached hydrogens (primary N) is 1. The lowest BCUT2D eigenvalue weighted by Gasteiger charge is -2.15. The van der Waals surface area contributed by atoms with Crippen LogP contribution in [0.15, 0.2) is 12.1 Å². The molecule has 1 unspecified atom stereocenters. The van der Waals surface area contributed by atoms with Gasteiger partial charge >= 0.3 is 5.97 Å². The second-order valence-corrected chi connectivity index (χ2v) is 3.77. The van der Waals surface area contributed by atoms with Crippen molar-refractivity contribution in [3.8, 4) is 11.5 Å². The molecule has 0 aliphatic heterocycles. The molecule has 5 nitrogen and oxygen atoms in total. The Hall–Kier alpha value is -1.82. The molecule has 0 bridgehead atoms. The normalized spacial score (nSPS) is 12.0. The quantitative estimate of drug-likeness (QED) is 0.810. The van der Waals surface area contributed by atoms with Crippen molar-refractivity contribution >= 4 is 5.97 Å². The summed E-state index contributed by atoms with van der Waals surface area (Å²) in [5, 5.41) is 8.57. The SMILES string of the molecule is COc1cc(F)c(C(N)CCC(=O)O)cc1OC. The minimum absolute atomic E-state index is 0.116. The standard InChI is InChI=1S/C12H16FNO4/c1-17-10-5-7(8(13)6-11(10)18-2)9(14)3-4-12(15)16/h5-6,9H,3-4,14H2,1-2H3,(H,15,16). The molecular weight excluding hydrogens is 241 g/mol. The third-order valence-electron chi connectivity index (χ3n) is 2.57. The van der Waals surface area contributed by atoms with Gasteiger partial charge in [-0.25, -0.2) is 4.39 Å². The highest BCUT2D eigenvalue weighted by molar-refractivity contribution is 5.66. The summed E-state index contributed by atoms with van der Waals surface area (Å²) < 4.78 is 23.8. The predicted octanol–water partition coefficient (Wildman–Crippen LogP) is 1.71. The van der Waals surface area contributed by atoms with E-state index >= 15 is 0 Å². The lowest BCUT2D eigenvalue weighted by molar-refractivity contribution is -0.137. The highest BCUT2D eigenvalue weighted by Crippen LogP contribution is 2.32. The van der Waals surface area contributed by atoms with Crippen LogP contribution < -0.4 is 15.2 Å². The molecule has 0 saturated heterocycles. The summed E-state index contributed by atoms with van der Waals surface area (Å²) >= 11 is 0. The maximum Gasteiger partial charge on any atom is 0.303 e. The van der Waals surface area contributed by atoms with Crippen LogP contribution in [0.5, 0.6) is 11.5 Å². The maximum atomic E-state index is 13.8. The van der Waals surface area contributed by atoms with Crippen LogP contribution in [-0.2, 0) is 4.79 Å². The van der Waals surface area contributed by atoms with Gasteiger partial charge in [0.25, 0.3) is 0 Å². The average molecular weight is 257 g/mol. The average Bonchev–Trinajstić information content (AvgIpc) is 2.35. The predicted molar refractivity (Wildman–Crippen MR) is 63.3 cm³/mol. The number of rotatable bonds is 6. The topological polar surface area (TPSA) is 81.8 Å². The van der Waals surface area contributed by atoms with E-state index in [0.29, 0.717) is 5.75 Å². The first kappa shape index (κ1) is 14.2. The fourth-order valence-corrected chi connectivity index (χ4v) is 1.59. The van der Waals surface area contributed by atoms with Gasteiger partial charge in [0.15, 0.2) is 11.5 Å². The summed E-state index contributed by atoms with van der Waals surface area (Å²) in [6, 6.07) is 1.91. The molecule has 0 fully saturated rings. The van der Waals surface area contributed by atoms with Gasteiger partial charge in [-0.05, 0) is 12.5 Å². The Kier molecular flexibility index (Phi) is 4.91. The molecule has 3 N–H and O–H groups in total. The lowest BCUT2D eigenvalue weighted by Crippen LogP contribution is -2.14. The Labute approximate surface area is 104 Å². The second-order valence-electron chi connectivity index (χ2n) is 3.77. The summed E-state index contributed by atoms with van der Waals surface area (Å²) in [4.78, 5) is 10.4. The molecule has 0 aliphatic rings. The number of aliphatic carboxylic acids is 1. The van der Waals surface area contributed by atoms with Gasteiger partial charge in [0.1, 0.15) is 5.82 Å². The van der Waals surface area contributed by atoms with Crippen molar-refractivity contribution in [1.82, 2.24) is 0 Å². The van der Waals surface area contributed by atoms with Gasteiger partial charge in [-0.3, -0.25) is 4.79 Å². The molecule has 0 heterocycles. The molecular formula is C12H16FNO4. The van der Waals surface area contributed by atoms with E-state index in [-0.39, 0.29) is 24.2 Å². The van der Waals surface area contributed by atoms with E-state index in [2.05, 4.69) is 0 Å². The first-order chi connectivity index (χ1) is 8.49. The van der Waals surface area contributed by atoms with Crippen molar-refractivity contribution in [3.63, 3.8) is 0 Å². The van der Waals surface area contributed by atoms with E-state index in [9.17, 15) is 9.18 Å². The number of ether oxygens (including phenoxy) is 2. The highest BCUT2D eigenvalue weighted by atomic mass is 19.1. The highest BCUT2D eigenvalue weighted by Gasteiger charge is 2.17. The molecule has 0 amide bonds. The number of hydrogen-bond donors (Lipinski definition) is 2. The molecule has 1 atom stereocenters. The van der Waals surface area contributed by atoms with Gasteiger partial charge in [-0.1, -0.05) is 0 Å². The maximum absolute atomic E-state index is 13.8. The zero-order chi connectivity index (χ0) is 13.7. The zero-order valence-electron chi connectivity index (χ0n) is 10.3. The van der Waals surface area contributed by atoms with E-state index in [1.165, 1.54) is 26.4 Å². The molecule has 0 radical (unpaired) electrons. The van der Waals surface area contributed by atoms with Crippen molar-refractivity contribution in [1.29, 1.82) is 0 Å². The molecule has 0 aromatic heterocycles. The van der Waals surface area contributed by atoms with E-state index in [1.54, 1.807) is 0 Å². The first-order valence-electron chi connectivity index (χ1n) is 5.38. The molecule has 1 aromatic rings. The van der Waals surface area contributed by atoms with Crippen LogP contribution in [0.1, 0.15) is 24.4 Å². The zero-order valence-corrected chi connectivity index (χ0v) is 10.3. The number of hydrogen-bond acceptors (Lipinski definition) is 4. The molecule has 1 aromatic carbocycles. The van der Waals surface area contributed by atoms with Crippen LogP contribution in [0.25, 0.3) is 0 Å². The van der Waals surface area contributed by atoms with Crippen molar-refractivity contribution in [2.45, 2.75) is 18.9 Å². The Morgan fingerprint density at radius 2 is 1.94 bits per heavy atom. The third kappa shape index (κ3) is 3.33. The molecule has 18 heavy (non-hydrogen) atoms. The molecule has 0 aliphatic carbocycles. The first-order valence-corrected chi connectivity index (χ1v) is 5.38. The minimum Gasteiger partial charge on any atom is -0.493 e. The Morgan fingerprint density at radius 1 is 1.39 bits per heavy atom. The van der Waals surface area contributed by atoms with Crippen molar-refractivity contribution in [3.05, 3.63) is 23.5 Å². The number of carboxylic acids is 1. The van der Waals surface area contributed by atoms with Crippen molar-refractivity contribution < 1.29 is 23.8 Å². The van der Waals surface area contributed by atoms with Crippen LogP contribution in [0, 0.1) is 5.82 Å². The van der Waals surface area contributed by atoms with Crippen LogP contribution in [0.3, 0.4) is 0 Å². The summed E-state index contributed by atoms with van der Waals surface area (Å²) in [7, 11) is 2.84. The molecule has 100 valence electrons. The van der Waals surface area contributed by atoms with E-state index in [4.69, 9.17) is 20.3 Å². The summed E-state index contributed by atoms with van der Waals surface area (Å²) in [5.74, 6) is -0.874. The van der Waals surface area contributed by atoms with E-state index in [1.807, 2.05) is 0 Å². The van der Waals surface area contributed by atoms with Crippen LogP contribution in [0.4, 0.5) is 4.39 Å². The van der Waals surface area contributed by atoms with Gasteiger partial charge in [0.2, 0.25) is 0 Å². The lowest BCUT2D eigenvalue weighted by atomic mass is 10.0. The Bertz CT molecular complexity index is 436. The van der Waals surface area contributed by atoms with E-state index in [0.717, 1.165) is 0 Å². The van der Waals surface area contributed by atoms with Gasteiger partial charge in [0, 0.05) is 24.1 Å².